The topological polar surface area (TPSA) is 63.3 Å². The Bertz CT molecular complexity index is 398. The summed E-state index contributed by atoms with van der Waals surface area (Å²) in [7, 11) is 0. The average Bonchev–Trinajstić information content (AvgIpc) is 2.18. The van der Waals surface area contributed by atoms with E-state index in [0.717, 1.165) is 12.1 Å². The lowest BCUT2D eigenvalue weighted by atomic mass is 10.1. The molecule has 0 bridgehead atoms. The first-order valence-electron chi connectivity index (χ1n) is 4.04. The second-order valence-electron chi connectivity index (χ2n) is 2.97. The molecular formula is C9H8ClF2NO2. The van der Waals surface area contributed by atoms with Crippen LogP contribution in [0.1, 0.15) is 5.56 Å². The standard InChI is InChI=1S/C9H8ClF2NO2/c10-5-1-2-6(11)8(12)4(5)3-7(13)9(14)15/h1-2,7H,3,13H2,(H,14,15)/t7-/m0/s1. The molecule has 0 aliphatic rings. The first-order chi connectivity index (χ1) is 6.93. The second kappa shape index (κ2) is 4.55. The molecule has 0 unspecified atom stereocenters. The lowest BCUT2D eigenvalue weighted by Gasteiger charge is -2.09. The molecule has 6 heteroatoms. The molecule has 0 aromatic heterocycles. The van der Waals surface area contributed by atoms with Crippen LogP contribution in [0, 0.1) is 11.6 Å². The van der Waals surface area contributed by atoms with Crippen LogP contribution in [0.5, 0.6) is 0 Å². The van der Waals surface area contributed by atoms with Crippen LogP contribution in [0.4, 0.5) is 8.78 Å². The minimum Gasteiger partial charge on any atom is -0.480 e. The average molecular weight is 236 g/mol. The van der Waals surface area contributed by atoms with E-state index in [0.29, 0.717) is 0 Å². The molecule has 0 saturated heterocycles. The fourth-order valence-corrected chi connectivity index (χ4v) is 1.29. The van der Waals surface area contributed by atoms with Gasteiger partial charge in [0.1, 0.15) is 6.04 Å². The third kappa shape index (κ3) is 2.64. The lowest BCUT2D eigenvalue weighted by molar-refractivity contribution is -0.138. The molecular weight excluding hydrogens is 228 g/mol. The lowest BCUT2D eigenvalue weighted by Crippen LogP contribution is -2.32. The van der Waals surface area contributed by atoms with Crippen LogP contribution in [0.3, 0.4) is 0 Å². The molecule has 15 heavy (non-hydrogen) atoms. The van der Waals surface area contributed by atoms with Gasteiger partial charge in [0.25, 0.3) is 0 Å². The third-order valence-corrected chi connectivity index (χ3v) is 2.23. The maximum Gasteiger partial charge on any atom is 0.320 e. The first kappa shape index (κ1) is 11.9. The first-order valence-corrected chi connectivity index (χ1v) is 4.42. The zero-order chi connectivity index (χ0) is 11.6. The van der Waals surface area contributed by atoms with Crippen LogP contribution in [0.15, 0.2) is 12.1 Å². The number of carboxylic acids is 1. The van der Waals surface area contributed by atoms with Crippen molar-refractivity contribution in [1.82, 2.24) is 0 Å². The van der Waals surface area contributed by atoms with Crippen molar-refractivity contribution in [2.24, 2.45) is 5.73 Å². The van der Waals surface area contributed by atoms with Crippen molar-refractivity contribution < 1.29 is 18.7 Å². The van der Waals surface area contributed by atoms with Gasteiger partial charge in [-0.2, -0.15) is 0 Å². The van der Waals surface area contributed by atoms with E-state index in [1.165, 1.54) is 0 Å². The summed E-state index contributed by atoms with van der Waals surface area (Å²) in [6.45, 7) is 0. The molecule has 1 rings (SSSR count). The van der Waals surface area contributed by atoms with Gasteiger partial charge >= 0.3 is 5.97 Å². The number of carbonyl (C=O) groups is 1. The monoisotopic (exact) mass is 235 g/mol. The molecule has 0 aliphatic heterocycles. The zero-order valence-electron chi connectivity index (χ0n) is 7.51. The Morgan fingerprint density at radius 3 is 2.67 bits per heavy atom. The predicted molar refractivity (Wildman–Crippen MR) is 50.7 cm³/mol. The highest BCUT2D eigenvalue weighted by Crippen LogP contribution is 2.22. The van der Waals surface area contributed by atoms with E-state index in [-0.39, 0.29) is 17.0 Å². The van der Waals surface area contributed by atoms with Gasteiger partial charge in [-0.15, -0.1) is 0 Å². The third-order valence-electron chi connectivity index (χ3n) is 1.88. The van der Waals surface area contributed by atoms with Crippen LogP contribution >= 0.6 is 11.6 Å². The number of hydrogen-bond donors (Lipinski definition) is 2. The number of aliphatic carboxylic acids is 1. The van der Waals surface area contributed by atoms with Crippen LogP contribution < -0.4 is 5.73 Å². The van der Waals surface area contributed by atoms with Gasteiger partial charge in [0.15, 0.2) is 11.6 Å². The van der Waals surface area contributed by atoms with Crippen LogP contribution in [-0.2, 0) is 11.2 Å². The van der Waals surface area contributed by atoms with E-state index in [2.05, 4.69) is 0 Å². The van der Waals surface area contributed by atoms with Crippen molar-refractivity contribution in [3.05, 3.63) is 34.4 Å². The molecule has 0 amide bonds. The summed E-state index contributed by atoms with van der Waals surface area (Å²) < 4.78 is 26.0. The fraction of sp³-hybridized carbons (Fsp3) is 0.222. The highest BCUT2D eigenvalue weighted by atomic mass is 35.5. The van der Waals surface area contributed by atoms with E-state index in [4.69, 9.17) is 22.4 Å². The van der Waals surface area contributed by atoms with E-state index in [1.54, 1.807) is 0 Å². The Labute approximate surface area is 89.5 Å². The molecule has 0 saturated carbocycles. The highest BCUT2D eigenvalue weighted by molar-refractivity contribution is 6.31. The molecule has 82 valence electrons. The van der Waals surface area contributed by atoms with Crippen molar-refractivity contribution in [2.45, 2.75) is 12.5 Å². The summed E-state index contributed by atoms with van der Waals surface area (Å²) >= 11 is 5.60. The Kier molecular flexibility index (Phi) is 3.60. The van der Waals surface area contributed by atoms with Crippen molar-refractivity contribution in [3.8, 4) is 0 Å². The summed E-state index contributed by atoms with van der Waals surface area (Å²) in [5.74, 6) is -3.53. The number of hydrogen-bond acceptors (Lipinski definition) is 2. The highest BCUT2D eigenvalue weighted by Gasteiger charge is 2.19. The molecule has 1 aromatic rings. The zero-order valence-corrected chi connectivity index (χ0v) is 8.26. The molecule has 3 nitrogen and oxygen atoms in total. The number of carboxylic acid groups (broad SMARTS) is 1. The summed E-state index contributed by atoms with van der Waals surface area (Å²) in [6.07, 6.45) is -0.349. The molecule has 1 aromatic carbocycles. The van der Waals surface area contributed by atoms with Crippen molar-refractivity contribution in [2.75, 3.05) is 0 Å². The fourth-order valence-electron chi connectivity index (χ4n) is 1.06. The maximum atomic E-state index is 13.2. The molecule has 1 atom stereocenters. The van der Waals surface area contributed by atoms with Gasteiger partial charge in [0.05, 0.1) is 0 Å². The van der Waals surface area contributed by atoms with Crippen molar-refractivity contribution in [3.63, 3.8) is 0 Å². The molecule has 0 spiro atoms. The molecule has 0 fully saturated rings. The van der Waals surface area contributed by atoms with Gasteiger partial charge in [-0.3, -0.25) is 4.79 Å². The number of nitrogens with two attached hydrogens (primary N) is 1. The van der Waals surface area contributed by atoms with Crippen molar-refractivity contribution in [1.29, 1.82) is 0 Å². The molecule has 0 aliphatic carbocycles. The molecule has 3 N–H and O–H groups in total. The van der Waals surface area contributed by atoms with Crippen LogP contribution in [-0.4, -0.2) is 17.1 Å². The SMILES string of the molecule is N[C@@H](Cc1c(Cl)ccc(F)c1F)C(=O)O. The number of rotatable bonds is 3. The van der Waals surface area contributed by atoms with E-state index >= 15 is 0 Å². The maximum absolute atomic E-state index is 13.2. The van der Waals surface area contributed by atoms with E-state index in [1.807, 2.05) is 0 Å². The predicted octanol–water partition coefficient (Wildman–Crippen LogP) is 1.57. The smallest absolute Gasteiger partial charge is 0.320 e. The Morgan fingerprint density at radius 2 is 2.13 bits per heavy atom. The van der Waals surface area contributed by atoms with Crippen LogP contribution in [0.2, 0.25) is 5.02 Å². The number of benzene rings is 1. The Balaban J connectivity index is 3.03. The van der Waals surface area contributed by atoms with E-state index < -0.39 is 23.6 Å². The summed E-state index contributed by atoms with van der Waals surface area (Å²) in [4.78, 5) is 10.4. The van der Waals surface area contributed by atoms with Crippen LogP contribution in [0.25, 0.3) is 0 Å². The Hall–Kier alpha value is -1.20. The van der Waals surface area contributed by atoms with Gasteiger partial charge in [-0.05, 0) is 12.1 Å². The number of halogens is 3. The van der Waals surface area contributed by atoms with Gasteiger partial charge in [-0.1, -0.05) is 11.6 Å². The second-order valence-corrected chi connectivity index (χ2v) is 3.38. The minimum atomic E-state index is -1.31. The quantitative estimate of drug-likeness (QED) is 0.782. The van der Waals surface area contributed by atoms with Gasteiger partial charge in [0, 0.05) is 17.0 Å². The summed E-state index contributed by atoms with van der Waals surface area (Å²) in [5.41, 5.74) is 4.97. The minimum absolute atomic E-state index is 0.0365. The van der Waals surface area contributed by atoms with E-state index in [9.17, 15) is 13.6 Å². The molecule has 0 heterocycles. The van der Waals surface area contributed by atoms with Gasteiger partial charge in [0.2, 0.25) is 0 Å². The van der Waals surface area contributed by atoms with Crippen molar-refractivity contribution >= 4 is 17.6 Å². The Morgan fingerprint density at radius 1 is 1.53 bits per heavy atom. The largest absolute Gasteiger partial charge is 0.480 e. The summed E-state index contributed by atoms with van der Waals surface area (Å²) in [5, 5.41) is 8.47. The van der Waals surface area contributed by atoms with Gasteiger partial charge < -0.3 is 10.8 Å². The summed E-state index contributed by atoms with van der Waals surface area (Å²) in [6, 6.07) is 0.718. The molecule has 0 radical (unpaired) electrons. The van der Waals surface area contributed by atoms with Gasteiger partial charge in [-0.25, -0.2) is 8.78 Å². The normalized spacial score (nSPS) is 12.5.